The van der Waals surface area contributed by atoms with Crippen molar-refractivity contribution in [2.45, 2.75) is 20.3 Å². The highest BCUT2D eigenvalue weighted by Gasteiger charge is 2.07. The van der Waals surface area contributed by atoms with Crippen LogP contribution < -0.4 is 5.32 Å². The Labute approximate surface area is 98.8 Å². The molecule has 0 aliphatic rings. The topological polar surface area (TPSA) is 50.7 Å². The summed E-state index contributed by atoms with van der Waals surface area (Å²) in [6, 6.07) is 1.97. The minimum absolute atomic E-state index is 0.882. The second kappa shape index (κ2) is 5.03. The highest BCUT2D eigenvalue weighted by Crippen LogP contribution is 2.27. The third-order valence-corrected chi connectivity index (χ3v) is 3.12. The van der Waals surface area contributed by atoms with E-state index in [0.29, 0.717) is 0 Å². The molecule has 0 aliphatic carbocycles. The summed E-state index contributed by atoms with van der Waals surface area (Å²) in [5.74, 6) is 0. The maximum absolute atomic E-state index is 4.18. The molecule has 0 amide bonds. The second-order valence-corrected chi connectivity index (χ2v) is 4.51. The Morgan fingerprint density at radius 1 is 1.38 bits per heavy atom. The third-order valence-electron chi connectivity index (χ3n) is 2.20. The number of anilines is 1. The first-order valence-corrected chi connectivity index (χ1v) is 6.11. The van der Waals surface area contributed by atoms with Crippen LogP contribution in [0.3, 0.4) is 0 Å². The molecular formula is C11H14N4S. The molecule has 2 heterocycles. The van der Waals surface area contributed by atoms with E-state index in [4.69, 9.17) is 0 Å². The van der Waals surface area contributed by atoms with E-state index in [1.165, 1.54) is 0 Å². The molecule has 0 radical (unpaired) electrons. The molecule has 1 N–H and O–H groups in total. The van der Waals surface area contributed by atoms with Crippen LogP contribution in [-0.2, 0) is 0 Å². The van der Waals surface area contributed by atoms with Crippen molar-refractivity contribution in [3.63, 3.8) is 0 Å². The second-order valence-electron chi connectivity index (χ2n) is 3.53. The number of hydrogen-bond donors (Lipinski definition) is 1. The molecule has 0 saturated carbocycles. The minimum atomic E-state index is 0.882. The Kier molecular flexibility index (Phi) is 3.46. The van der Waals surface area contributed by atoms with Crippen LogP contribution in [-0.4, -0.2) is 21.7 Å². The van der Waals surface area contributed by atoms with E-state index in [0.717, 1.165) is 34.2 Å². The Balaban J connectivity index is 2.22. The highest BCUT2D eigenvalue weighted by molar-refractivity contribution is 7.18. The van der Waals surface area contributed by atoms with E-state index >= 15 is 0 Å². The molecule has 0 spiro atoms. The molecule has 0 aliphatic heterocycles. The molecular weight excluding hydrogens is 220 g/mol. The number of aryl methyl sites for hydroxylation is 1. The lowest BCUT2D eigenvalue weighted by Gasteiger charge is -1.98. The lowest BCUT2D eigenvalue weighted by atomic mass is 10.2. The number of nitrogens with one attached hydrogen (secondary N) is 1. The minimum Gasteiger partial charge on any atom is -0.360 e. The van der Waals surface area contributed by atoms with E-state index in [2.05, 4.69) is 27.4 Å². The predicted octanol–water partition coefficient (Wildman–Crippen LogP) is 2.73. The van der Waals surface area contributed by atoms with Gasteiger partial charge >= 0.3 is 0 Å². The zero-order valence-corrected chi connectivity index (χ0v) is 10.2. The van der Waals surface area contributed by atoms with Gasteiger partial charge in [-0.05, 0) is 25.0 Å². The first-order chi connectivity index (χ1) is 7.81. The summed E-state index contributed by atoms with van der Waals surface area (Å²) in [4.78, 5) is 4.07. The molecule has 16 heavy (non-hydrogen) atoms. The number of pyridine rings is 1. The van der Waals surface area contributed by atoms with Gasteiger partial charge in [-0.1, -0.05) is 18.3 Å². The van der Waals surface area contributed by atoms with E-state index in [9.17, 15) is 0 Å². The maximum atomic E-state index is 4.18. The Bertz CT molecular complexity index is 467. The molecule has 2 aromatic heterocycles. The van der Waals surface area contributed by atoms with E-state index in [-0.39, 0.29) is 0 Å². The molecule has 2 aromatic rings. The number of aromatic nitrogens is 3. The first-order valence-electron chi connectivity index (χ1n) is 5.29. The SMILES string of the molecule is CCCNc1nnc(-c2ccncc2C)s1. The van der Waals surface area contributed by atoms with Gasteiger partial charge in [0.1, 0.15) is 5.01 Å². The molecule has 0 aromatic carbocycles. The van der Waals surface area contributed by atoms with Crippen LogP contribution in [0.4, 0.5) is 5.13 Å². The quantitative estimate of drug-likeness (QED) is 0.883. The van der Waals surface area contributed by atoms with E-state index in [1.807, 2.05) is 19.2 Å². The summed E-state index contributed by atoms with van der Waals surface area (Å²) in [7, 11) is 0. The standard InChI is InChI=1S/C11H14N4S/c1-3-5-13-11-15-14-10(16-11)9-4-6-12-7-8(9)2/h4,6-7H,3,5H2,1-2H3,(H,13,15). The van der Waals surface area contributed by atoms with Gasteiger partial charge in [-0.15, -0.1) is 10.2 Å². The molecule has 5 heteroatoms. The van der Waals surface area contributed by atoms with Crippen LogP contribution in [0.5, 0.6) is 0 Å². The highest BCUT2D eigenvalue weighted by atomic mass is 32.1. The van der Waals surface area contributed by atoms with Crippen LogP contribution in [0.25, 0.3) is 10.6 Å². The number of rotatable bonds is 4. The van der Waals surface area contributed by atoms with E-state index in [1.54, 1.807) is 17.5 Å². The summed E-state index contributed by atoms with van der Waals surface area (Å²) in [6.07, 6.45) is 4.71. The summed E-state index contributed by atoms with van der Waals surface area (Å²) < 4.78 is 0. The largest absolute Gasteiger partial charge is 0.360 e. The fourth-order valence-corrected chi connectivity index (χ4v) is 2.21. The molecule has 0 saturated heterocycles. The monoisotopic (exact) mass is 234 g/mol. The van der Waals surface area contributed by atoms with Crippen LogP contribution in [0, 0.1) is 6.92 Å². The Hall–Kier alpha value is -1.49. The van der Waals surface area contributed by atoms with Crippen molar-refractivity contribution in [1.29, 1.82) is 0 Å². The molecule has 2 rings (SSSR count). The maximum Gasteiger partial charge on any atom is 0.206 e. The van der Waals surface area contributed by atoms with Gasteiger partial charge < -0.3 is 5.32 Å². The van der Waals surface area contributed by atoms with Gasteiger partial charge in [0.2, 0.25) is 5.13 Å². The fourth-order valence-electron chi connectivity index (χ4n) is 1.35. The van der Waals surface area contributed by atoms with Crippen LogP contribution in [0.2, 0.25) is 0 Å². The lowest BCUT2D eigenvalue weighted by Crippen LogP contribution is -1.98. The summed E-state index contributed by atoms with van der Waals surface area (Å²) in [6.45, 7) is 5.09. The summed E-state index contributed by atoms with van der Waals surface area (Å²) >= 11 is 1.58. The zero-order chi connectivity index (χ0) is 11.4. The summed E-state index contributed by atoms with van der Waals surface area (Å²) in [5, 5.41) is 13.3. The summed E-state index contributed by atoms with van der Waals surface area (Å²) in [5.41, 5.74) is 2.23. The van der Waals surface area contributed by atoms with Gasteiger partial charge in [0.15, 0.2) is 0 Å². The third kappa shape index (κ3) is 2.36. The lowest BCUT2D eigenvalue weighted by molar-refractivity contribution is 0.963. The fraction of sp³-hybridized carbons (Fsp3) is 0.364. The van der Waals surface area contributed by atoms with Crippen LogP contribution in [0.1, 0.15) is 18.9 Å². The van der Waals surface area contributed by atoms with Crippen molar-refractivity contribution in [3.05, 3.63) is 24.0 Å². The Morgan fingerprint density at radius 2 is 2.25 bits per heavy atom. The van der Waals surface area contributed by atoms with Crippen molar-refractivity contribution in [1.82, 2.24) is 15.2 Å². The van der Waals surface area contributed by atoms with Crippen molar-refractivity contribution in [3.8, 4) is 10.6 Å². The molecule has 0 fully saturated rings. The van der Waals surface area contributed by atoms with Crippen molar-refractivity contribution < 1.29 is 0 Å². The van der Waals surface area contributed by atoms with Crippen LogP contribution in [0.15, 0.2) is 18.5 Å². The van der Waals surface area contributed by atoms with Gasteiger partial charge in [0, 0.05) is 24.5 Å². The smallest absolute Gasteiger partial charge is 0.206 e. The molecule has 84 valence electrons. The molecule has 4 nitrogen and oxygen atoms in total. The van der Waals surface area contributed by atoms with Gasteiger partial charge in [-0.25, -0.2) is 0 Å². The van der Waals surface area contributed by atoms with Gasteiger partial charge in [-0.2, -0.15) is 0 Å². The van der Waals surface area contributed by atoms with Gasteiger partial charge in [0.05, 0.1) is 0 Å². The number of nitrogens with zero attached hydrogens (tertiary/aromatic N) is 3. The zero-order valence-electron chi connectivity index (χ0n) is 9.40. The first kappa shape index (κ1) is 11.0. The van der Waals surface area contributed by atoms with Gasteiger partial charge in [-0.3, -0.25) is 4.98 Å². The molecule has 0 bridgehead atoms. The predicted molar refractivity (Wildman–Crippen MR) is 66.7 cm³/mol. The Morgan fingerprint density at radius 3 is 3.00 bits per heavy atom. The average Bonchev–Trinajstić information content (AvgIpc) is 2.75. The van der Waals surface area contributed by atoms with E-state index < -0.39 is 0 Å². The van der Waals surface area contributed by atoms with Gasteiger partial charge in [0.25, 0.3) is 0 Å². The normalized spacial score (nSPS) is 10.4. The van der Waals surface area contributed by atoms with Crippen molar-refractivity contribution in [2.75, 3.05) is 11.9 Å². The van der Waals surface area contributed by atoms with Crippen molar-refractivity contribution >= 4 is 16.5 Å². The average molecular weight is 234 g/mol. The number of hydrogen-bond acceptors (Lipinski definition) is 5. The molecule has 0 atom stereocenters. The molecule has 0 unspecified atom stereocenters. The van der Waals surface area contributed by atoms with Crippen LogP contribution >= 0.6 is 11.3 Å². The van der Waals surface area contributed by atoms with Crippen molar-refractivity contribution in [2.24, 2.45) is 0 Å².